The lowest BCUT2D eigenvalue weighted by atomic mass is 10.0. The fourth-order valence-electron chi connectivity index (χ4n) is 5.19. The van der Waals surface area contributed by atoms with E-state index in [1.54, 1.807) is 0 Å². The molecule has 0 aromatic carbocycles. The molecule has 0 saturated heterocycles. The first kappa shape index (κ1) is 33.0. The maximum absolute atomic E-state index is 2.31. The lowest BCUT2D eigenvalue weighted by Gasteiger charge is -2.04. The van der Waals surface area contributed by atoms with Crippen molar-refractivity contribution in [1.29, 1.82) is 0 Å². The maximum Gasteiger partial charge on any atom is -0.0417 e. The Hall–Kier alpha value is 0. The smallest absolute Gasteiger partial charge is 0.0417 e. The summed E-state index contributed by atoms with van der Waals surface area (Å²) in [5.74, 6) is 0. The largest absolute Gasteiger partial charge is 0.0654 e. The second-order valence-corrected chi connectivity index (χ2v) is 11.1. The van der Waals surface area contributed by atoms with E-state index in [1.165, 1.54) is 193 Å². The van der Waals surface area contributed by atoms with E-state index >= 15 is 0 Å². The quantitative estimate of drug-likeness (QED) is 0.0929. The summed E-state index contributed by atoms with van der Waals surface area (Å²) in [5, 5.41) is 0. The summed E-state index contributed by atoms with van der Waals surface area (Å²) >= 11 is 0. The fraction of sp³-hybridized carbons (Fsp3) is 0.970. The summed E-state index contributed by atoms with van der Waals surface area (Å²) in [4.78, 5) is 0. The molecule has 0 spiro atoms. The summed E-state index contributed by atoms with van der Waals surface area (Å²) in [7, 11) is 0. The van der Waals surface area contributed by atoms with Gasteiger partial charge in [-0.2, -0.15) is 0 Å². The molecule has 0 amide bonds. The monoisotopic (exact) mass is 464 g/mol. The molecule has 0 heteroatoms. The average Bonchev–Trinajstić information content (AvgIpc) is 2.83. The van der Waals surface area contributed by atoms with Gasteiger partial charge in [0.2, 0.25) is 0 Å². The van der Waals surface area contributed by atoms with Gasteiger partial charge in [-0.15, -0.1) is 0 Å². The van der Waals surface area contributed by atoms with Gasteiger partial charge < -0.3 is 0 Å². The van der Waals surface area contributed by atoms with Crippen molar-refractivity contribution < 1.29 is 0 Å². The minimum absolute atomic E-state index is 1.32. The molecule has 0 atom stereocenters. The van der Waals surface area contributed by atoms with Crippen molar-refractivity contribution in [2.24, 2.45) is 0 Å². The van der Waals surface area contributed by atoms with E-state index in [9.17, 15) is 0 Å². The molecule has 199 valence electrons. The summed E-state index contributed by atoms with van der Waals surface area (Å²) < 4.78 is 0. The van der Waals surface area contributed by atoms with Crippen LogP contribution in [0.2, 0.25) is 0 Å². The lowest BCUT2D eigenvalue weighted by molar-refractivity contribution is 0.513. The van der Waals surface area contributed by atoms with Crippen LogP contribution in [0, 0.1) is 6.42 Å². The third-order valence-corrected chi connectivity index (χ3v) is 7.60. The summed E-state index contributed by atoms with van der Waals surface area (Å²) in [6.07, 6.45) is 46.5. The number of hydrogen-bond acceptors (Lipinski definition) is 0. The SMILES string of the molecule is C[CH]CCCCCCCCCCCCCCCCCCCCCCCCCCCCCCC. The molecule has 0 aromatic heterocycles. The van der Waals surface area contributed by atoms with E-state index < -0.39 is 0 Å². The number of hydrogen-bond donors (Lipinski definition) is 0. The van der Waals surface area contributed by atoms with E-state index in [-0.39, 0.29) is 0 Å². The van der Waals surface area contributed by atoms with Gasteiger partial charge in [-0.3, -0.25) is 0 Å². The van der Waals surface area contributed by atoms with Crippen LogP contribution in [0.25, 0.3) is 0 Å². The number of unbranched alkanes of at least 4 members (excludes halogenated alkanes) is 30. The molecular formula is C33H67. The third-order valence-electron chi connectivity index (χ3n) is 7.60. The Bertz CT molecular complexity index is 277. The van der Waals surface area contributed by atoms with Gasteiger partial charge in [-0.1, -0.05) is 206 Å². The second-order valence-electron chi connectivity index (χ2n) is 11.1. The third kappa shape index (κ3) is 32.0. The molecule has 0 fully saturated rings. The molecule has 0 heterocycles. The van der Waals surface area contributed by atoms with Gasteiger partial charge in [0, 0.05) is 0 Å². The van der Waals surface area contributed by atoms with Crippen molar-refractivity contribution in [2.75, 3.05) is 0 Å². The van der Waals surface area contributed by atoms with E-state index in [1.807, 2.05) is 0 Å². The van der Waals surface area contributed by atoms with Gasteiger partial charge in [0.15, 0.2) is 0 Å². The van der Waals surface area contributed by atoms with E-state index in [2.05, 4.69) is 20.3 Å². The van der Waals surface area contributed by atoms with Crippen LogP contribution in [0.15, 0.2) is 0 Å². The zero-order chi connectivity index (χ0) is 23.9. The maximum atomic E-state index is 2.31. The van der Waals surface area contributed by atoms with Crippen molar-refractivity contribution in [3.05, 3.63) is 6.42 Å². The van der Waals surface area contributed by atoms with Crippen LogP contribution in [0.1, 0.15) is 206 Å². The normalized spacial score (nSPS) is 11.5. The van der Waals surface area contributed by atoms with Crippen LogP contribution in [0.3, 0.4) is 0 Å². The topological polar surface area (TPSA) is 0 Å². The van der Waals surface area contributed by atoms with Gasteiger partial charge >= 0.3 is 0 Å². The summed E-state index contributed by atoms with van der Waals surface area (Å²) in [6, 6.07) is 0. The molecule has 33 heavy (non-hydrogen) atoms. The first-order chi connectivity index (χ1) is 16.4. The van der Waals surface area contributed by atoms with Gasteiger partial charge in [0.1, 0.15) is 0 Å². The van der Waals surface area contributed by atoms with Gasteiger partial charge in [-0.25, -0.2) is 0 Å². The first-order valence-electron chi connectivity index (χ1n) is 16.2. The molecule has 0 unspecified atom stereocenters. The molecule has 0 saturated carbocycles. The van der Waals surface area contributed by atoms with Crippen LogP contribution in [0.4, 0.5) is 0 Å². The highest BCUT2D eigenvalue weighted by Gasteiger charge is 1.96. The van der Waals surface area contributed by atoms with Crippen molar-refractivity contribution in [3.8, 4) is 0 Å². The Balaban J connectivity index is 2.99. The van der Waals surface area contributed by atoms with Gasteiger partial charge in [-0.05, 0) is 6.42 Å². The van der Waals surface area contributed by atoms with Crippen molar-refractivity contribution in [1.82, 2.24) is 0 Å². The lowest BCUT2D eigenvalue weighted by Crippen LogP contribution is -1.85. The van der Waals surface area contributed by atoms with Crippen LogP contribution in [-0.2, 0) is 0 Å². The molecule has 1 radical (unpaired) electrons. The minimum atomic E-state index is 1.32. The van der Waals surface area contributed by atoms with Crippen molar-refractivity contribution in [2.45, 2.75) is 206 Å². The summed E-state index contributed by atoms with van der Waals surface area (Å²) in [6.45, 7) is 4.49. The zero-order valence-electron chi connectivity index (χ0n) is 23.8. The molecule has 0 nitrogen and oxygen atoms in total. The Morgan fingerprint density at radius 2 is 0.455 bits per heavy atom. The minimum Gasteiger partial charge on any atom is -0.0654 e. The molecule has 0 bridgehead atoms. The Morgan fingerprint density at radius 3 is 0.636 bits per heavy atom. The van der Waals surface area contributed by atoms with Crippen molar-refractivity contribution >= 4 is 0 Å². The van der Waals surface area contributed by atoms with E-state index in [0.29, 0.717) is 0 Å². The van der Waals surface area contributed by atoms with Crippen LogP contribution in [0.5, 0.6) is 0 Å². The zero-order valence-corrected chi connectivity index (χ0v) is 23.8. The Labute approximate surface area is 212 Å². The predicted octanol–water partition coefficient (Wildman–Crippen LogP) is 12.9. The molecule has 0 aliphatic heterocycles. The fourth-order valence-corrected chi connectivity index (χ4v) is 5.19. The highest BCUT2D eigenvalue weighted by molar-refractivity contribution is 4.56. The average molecular weight is 464 g/mol. The Morgan fingerprint density at radius 1 is 0.273 bits per heavy atom. The van der Waals surface area contributed by atoms with Crippen LogP contribution in [-0.4, -0.2) is 0 Å². The van der Waals surface area contributed by atoms with E-state index in [4.69, 9.17) is 0 Å². The van der Waals surface area contributed by atoms with Crippen LogP contribution < -0.4 is 0 Å². The second kappa shape index (κ2) is 32.0. The Kier molecular flexibility index (Phi) is 32.0. The van der Waals surface area contributed by atoms with Gasteiger partial charge in [0.25, 0.3) is 0 Å². The molecule has 0 rings (SSSR count). The van der Waals surface area contributed by atoms with E-state index in [0.717, 1.165) is 0 Å². The molecule has 0 aliphatic carbocycles. The summed E-state index contributed by atoms with van der Waals surface area (Å²) in [5.41, 5.74) is 0. The number of rotatable bonds is 30. The first-order valence-corrected chi connectivity index (χ1v) is 16.2. The molecular weight excluding hydrogens is 396 g/mol. The van der Waals surface area contributed by atoms with Crippen molar-refractivity contribution in [3.63, 3.8) is 0 Å². The predicted molar refractivity (Wildman–Crippen MR) is 154 cm³/mol. The molecule has 0 N–H and O–H groups in total. The standard InChI is InChI=1S/C33H67/c1-3-5-7-9-11-13-15-17-19-21-23-25-27-29-31-33-32-30-28-26-24-22-20-18-16-14-12-10-8-6-4-2/h3H,4-33H2,1-2H3. The van der Waals surface area contributed by atoms with Gasteiger partial charge in [0.05, 0.1) is 0 Å². The highest BCUT2D eigenvalue weighted by Crippen LogP contribution is 2.16. The molecule has 0 aromatic rings. The highest BCUT2D eigenvalue weighted by atomic mass is 14.0. The molecule has 0 aliphatic rings. The van der Waals surface area contributed by atoms with Crippen LogP contribution >= 0.6 is 0 Å².